The van der Waals surface area contributed by atoms with Crippen LogP contribution in [0.4, 0.5) is 0 Å². The summed E-state index contributed by atoms with van der Waals surface area (Å²) < 4.78 is 10.8. The molecule has 0 heterocycles. The number of nitrogens with one attached hydrogen (secondary N) is 1. The van der Waals surface area contributed by atoms with Gasteiger partial charge in [0.2, 0.25) is 0 Å². The second-order valence-electron chi connectivity index (χ2n) is 5.61. The van der Waals surface area contributed by atoms with Crippen LogP contribution in [0, 0.1) is 20.8 Å². The number of carbonyl (C=O) groups is 1. The molecule has 4 nitrogen and oxygen atoms in total. The van der Waals surface area contributed by atoms with E-state index < -0.39 is 5.54 Å². The van der Waals surface area contributed by atoms with Crippen molar-refractivity contribution in [2.75, 3.05) is 20.3 Å². The van der Waals surface area contributed by atoms with E-state index in [4.69, 9.17) is 9.47 Å². The lowest BCUT2D eigenvalue weighted by Crippen LogP contribution is -2.51. The molecule has 0 radical (unpaired) electrons. The number of carbonyl (C=O) groups excluding carboxylic acids is 1. The van der Waals surface area contributed by atoms with Gasteiger partial charge in [0.15, 0.2) is 0 Å². The minimum Gasteiger partial charge on any atom is -0.493 e. The Morgan fingerprint density at radius 2 is 1.86 bits per heavy atom. The quantitative estimate of drug-likeness (QED) is 0.785. The van der Waals surface area contributed by atoms with E-state index in [0.29, 0.717) is 19.6 Å². The van der Waals surface area contributed by atoms with Gasteiger partial charge in [-0.2, -0.15) is 0 Å². The maximum absolute atomic E-state index is 11.9. The van der Waals surface area contributed by atoms with Crippen molar-refractivity contribution in [3.05, 3.63) is 28.8 Å². The van der Waals surface area contributed by atoms with Crippen LogP contribution in [-0.4, -0.2) is 31.8 Å². The predicted molar refractivity (Wildman–Crippen MR) is 84.9 cm³/mol. The third-order valence-corrected chi connectivity index (χ3v) is 3.92. The van der Waals surface area contributed by atoms with E-state index in [1.54, 1.807) is 0 Å². The summed E-state index contributed by atoms with van der Waals surface area (Å²) in [6, 6.07) is 4.15. The Kier molecular flexibility index (Phi) is 6.21. The minimum absolute atomic E-state index is 0.259. The number of likely N-dealkylation sites (N-methyl/N-ethyl adjacent to an activating group) is 1. The smallest absolute Gasteiger partial charge is 0.325 e. The van der Waals surface area contributed by atoms with Gasteiger partial charge in [0.25, 0.3) is 0 Å². The Bertz CT molecular complexity index is 499. The first-order valence-electron chi connectivity index (χ1n) is 7.38. The standard InChI is InChI=1S/C17H27NO3/c1-7-18-17(5,16(19)20-6)10-11-21-15-13(3)9-8-12(2)14(15)4/h8-9,18H,7,10-11H2,1-6H3. The molecule has 0 fully saturated rings. The largest absolute Gasteiger partial charge is 0.493 e. The zero-order chi connectivity index (χ0) is 16.0. The van der Waals surface area contributed by atoms with Gasteiger partial charge >= 0.3 is 5.97 Å². The fourth-order valence-electron chi connectivity index (χ4n) is 2.38. The molecular formula is C17H27NO3. The van der Waals surface area contributed by atoms with Crippen LogP contribution in [0.5, 0.6) is 5.75 Å². The van der Waals surface area contributed by atoms with Gasteiger partial charge < -0.3 is 14.8 Å². The molecule has 0 saturated carbocycles. The van der Waals surface area contributed by atoms with Crippen molar-refractivity contribution >= 4 is 5.97 Å². The zero-order valence-electron chi connectivity index (χ0n) is 14.0. The maximum atomic E-state index is 11.9. The lowest BCUT2D eigenvalue weighted by Gasteiger charge is -2.27. The van der Waals surface area contributed by atoms with Gasteiger partial charge in [-0.25, -0.2) is 0 Å². The van der Waals surface area contributed by atoms with Crippen molar-refractivity contribution in [3.63, 3.8) is 0 Å². The summed E-state index contributed by atoms with van der Waals surface area (Å²) in [5.41, 5.74) is 2.76. The number of rotatable bonds is 7. The van der Waals surface area contributed by atoms with Gasteiger partial charge in [-0.15, -0.1) is 0 Å². The van der Waals surface area contributed by atoms with E-state index in [-0.39, 0.29) is 5.97 Å². The monoisotopic (exact) mass is 293 g/mol. The molecule has 0 spiro atoms. The van der Waals surface area contributed by atoms with Crippen molar-refractivity contribution in [2.45, 2.75) is 46.6 Å². The Morgan fingerprint density at radius 3 is 2.43 bits per heavy atom. The first-order valence-corrected chi connectivity index (χ1v) is 7.38. The van der Waals surface area contributed by atoms with Crippen LogP contribution in [0.2, 0.25) is 0 Å². The summed E-state index contributed by atoms with van der Waals surface area (Å²) in [5, 5.41) is 3.18. The minimum atomic E-state index is -0.713. The van der Waals surface area contributed by atoms with E-state index in [2.05, 4.69) is 31.3 Å². The number of hydrogen-bond acceptors (Lipinski definition) is 4. The molecule has 0 amide bonds. The van der Waals surface area contributed by atoms with Crippen LogP contribution >= 0.6 is 0 Å². The van der Waals surface area contributed by atoms with Crippen LogP contribution < -0.4 is 10.1 Å². The molecule has 0 aromatic heterocycles. The lowest BCUT2D eigenvalue weighted by molar-refractivity contribution is -0.148. The van der Waals surface area contributed by atoms with Crippen molar-refractivity contribution in [1.82, 2.24) is 5.32 Å². The Labute approximate surface area is 127 Å². The van der Waals surface area contributed by atoms with Gasteiger partial charge in [-0.3, -0.25) is 4.79 Å². The van der Waals surface area contributed by atoms with Crippen LogP contribution in [0.3, 0.4) is 0 Å². The van der Waals surface area contributed by atoms with E-state index in [0.717, 1.165) is 16.9 Å². The van der Waals surface area contributed by atoms with Gasteiger partial charge in [0.05, 0.1) is 13.7 Å². The molecule has 0 aliphatic carbocycles. The highest BCUT2D eigenvalue weighted by molar-refractivity contribution is 5.80. The SMILES string of the molecule is CCNC(C)(CCOc1c(C)ccc(C)c1C)C(=O)OC. The van der Waals surface area contributed by atoms with E-state index in [9.17, 15) is 4.79 Å². The van der Waals surface area contributed by atoms with Crippen molar-refractivity contribution < 1.29 is 14.3 Å². The maximum Gasteiger partial charge on any atom is 0.325 e. The van der Waals surface area contributed by atoms with Crippen LogP contribution in [0.25, 0.3) is 0 Å². The Hall–Kier alpha value is -1.55. The summed E-state index contributed by atoms with van der Waals surface area (Å²) >= 11 is 0. The second-order valence-corrected chi connectivity index (χ2v) is 5.61. The van der Waals surface area contributed by atoms with Crippen LogP contribution in [0.1, 0.15) is 37.0 Å². The molecular weight excluding hydrogens is 266 g/mol. The number of methoxy groups -OCH3 is 1. The first-order chi connectivity index (χ1) is 9.85. The van der Waals surface area contributed by atoms with Gasteiger partial charge in [-0.1, -0.05) is 19.1 Å². The van der Waals surface area contributed by atoms with E-state index in [1.807, 2.05) is 20.8 Å². The first kappa shape index (κ1) is 17.5. The third-order valence-electron chi connectivity index (χ3n) is 3.92. The summed E-state index contributed by atoms with van der Waals surface area (Å²) in [6.45, 7) is 11.1. The molecule has 0 bridgehead atoms. The third kappa shape index (κ3) is 4.21. The summed E-state index contributed by atoms with van der Waals surface area (Å²) in [5.74, 6) is 0.657. The van der Waals surface area contributed by atoms with E-state index in [1.165, 1.54) is 12.7 Å². The van der Waals surface area contributed by atoms with Crippen LogP contribution in [0.15, 0.2) is 12.1 Å². The van der Waals surface area contributed by atoms with Gasteiger partial charge in [0.1, 0.15) is 11.3 Å². The number of ether oxygens (including phenoxy) is 2. The molecule has 21 heavy (non-hydrogen) atoms. The van der Waals surface area contributed by atoms with E-state index >= 15 is 0 Å². The molecule has 0 aliphatic rings. The van der Waals surface area contributed by atoms with Gasteiger partial charge in [0, 0.05) is 6.42 Å². The zero-order valence-corrected chi connectivity index (χ0v) is 14.0. The summed E-state index contributed by atoms with van der Waals surface area (Å²) in [6.07, 6.45) is 0.556. The van der Waals surface area contributed by atoms with Gasteiger partial charge in [-0.05, 0) is 50.9 Å². The fourth-order valence-corrected chi connectivity index (χ4v) is 2.38. The molecule has 0 saturated heterocycles. The molecule has 1 rings (SSSR count). The number of aryl methyl sites for hydroxylation is 2. The fraction of sp³-hybridized carbons (Fsp3) is 0.588. The average molecular weight is 293 g/mol. The van der Waals surface area contributed by atoms with Crippen LogP contribution in [-0.2, 0) is 9.53 Å². The molecule has 1 aromatic rings. The average Bonchev–Trinajstić information content (AvgIpc) is 2.46. The highest BCUT2D eigenvalue weighted by Gasteiger charge is 2.33. The van der Waals surface area contributed by atoms with Crippen molar-refractivity contribution in [2.24, 2.45) is 0 Å². The lowest BCUT2D eigenvalue weighted by atomic mass is 9.98. The molecule has 1 aromatic carbocycles. The number of benzene rings is 1. The molecule has 1 atom stereocenters. The Balaban J connectivity index is 2.75. The summed E-state index contributed by atoms with van der Waals surface area (Å²) in [4.78, 5) is 11.9. The Morgan fingerprint density at radius 1 is 1.24 bits per heavy atom. The normalized spacial score (nSPS) is 13.6. The topological polar surface area (TPSA) is 47.6 Å². The van der Waals surface area contributed by atoms with Crippen molar-refractivity contribution in [1.29, 1.82) is 0 Å². The molecule has 0 aliphatic heterocycles. The number of esters is 1. The summed E-state index contributed by atoms with van der Waals surface area (Å²) in [7, 11) is 1.41. The molecule has 118 valence electrons. The second kappa shape index (κ2) is 7.46. The molecule has 1 unspecified atom stereocenters. The predicted octanol–water partition coefficient (Wildman–Crippen LogP) is 2.92. The number of hydrogen-bond donors (Lipinski definition) is 1. The van der Waals surface area contributed by atoms with Crippen molar-refractivity contribution in [3.8, 4) is 5.75 Å². The highest BCUT2D eigenvalue weighted by atomic mass is 16.5. The molecule has 1 N–H and O–H groups in total. The highest BCUT2D eigenvalue weighted by Crippen LogP contribution is 2.26. The molecule has 4 heteroatoms.